The summed E-state index contributed by atoms with van der Waals surface area (Å²) in [6.45, 7) is 6.97. The normalized spacial score (nSPS) is 23.9. The second kappa shape index (κ2) is 6.06. The highest BCUT2D eigenvalue weighted by Crippen LogP contribution is 2.34. The van der Waals surface area contributed by atoms with E-state index in [2.05, 4.69) is 69.3 Å². The molecule has 0 saturated heterocycles. The van der Waals surface area contributed by atoms with Crippen molar-refractivity contribution in [3.63, 3.8) is 0 Å². The Bertz CT molecular complexity index is 413. The lowest BCUT2D eigenvalue weighted by molar-refractivity contribution is 0.143. The fourth-order valence-electron chi connectivity index (χ4n) is 3.48. The maximum atomic E-state index is 3.52. The van der Waals surface area contributed by atoms with E-state index in [9.17, 15) is 0 Å². The van der Waals surface area contributed by atoms with Crippen molar-refractivity contribution in [1.82, 2.24) is 10.2 Å². The summed E-state index contributed by atoms with van der Waals surface area (Å²) in [6.07, 6.45) is 2.43. The highest BCUT2D eigenvalue weighted by Gasteiger charge is 2.35. The Morgan fingerprint density at radius 2 is 1.95 bits per heavy atom. The Hall–Kier alpha value is -0.860. The second-order valence-electron chi connectivity index (χ2n) is 6.38. The molecule has 2 nitrogen and oxygen atoms in total. The maximum Gasteiger partial charge on any atom is 0.0481 e. The number of rotatable bonds is 5. The zero-order valence-electron chi connectivity index (χ0n) is 13.0. The van der Waals surface area contributed by atoms with Gasteiger partial charge >= 0.3 is 0 Å². The molecule has 0 spiro atoms. The summed E-state index contributed by atoms with van der Waals surface area (Å²) in [5.74, 6) is 0.759. The van der Waals surface area contributed by atoms with E-state index in [1.807, 2.05) is 0 Å². The van der Waals surface area contributed by atoms with Gasteiger partial charge in [-0.1, -0.05) is 38.1 Å². The first kappa shape index (κ1) is 14.5. The van der Waals surface area contributed by atoms with Gasteiger partial charge in [0.25, 0.3) is 0 Å². The average Bonchev–Trinajstić information content (AvgIpc) is 2.75. The van der Waals surface area contributed by atoms with E-state index in [0.29, 0.717) is 18.1 Å². The minimum Gasteiger partial charge on any atom is -0.312 e. The molecule has 0 radical (unpaired) electrons. The van der Waals surface area contributed by atoms with Crippen LogP contribution in [0.15, 0.2) is 24.3 Å². The quantitative estimate of drug-likeness (QED) is 0.874. The van der Waals surface area contributed by atoms with Gasteiger partial charge in [0.2, 0.25) is 0 Å². The third-order valence-corrected chi connectivity index (χ3v) is 4.55. The van der Waals surface area contributed by atoms with Gasteiger partial charge in [-0.25, -0.2) is 0 Å². The summed E-state index contributed by atoms with van der Waals surface area (Å²) in [5.41, 5.74) is 2.99. The van der Waals surface area contributed by atoms with Gasteiger partial charge in [0.15, 0.2) is 0 Å². The van der Waals surface area contributed by atoms with Gasteiger partial charge in [0, 0.05) is 18.1 Å². The van der Waals surface area contributed by atoms with Crippen LogP contribution in [-0.2, 0) is 6.42 Å². The Kier molecular flexibility index (Phi) is 4.64. The third kappa shape index (κ3) is 3.01. The van der Waals surface area contributed by atoms with Crippen LogP contribution in [0.25, 0.3) is 0 Å². The van der Waals surface area contributed by atoms with Crippen molar-refractivity contribution in [3.05, 3.63) is 35.4 Å². The Morgan fingerprint density at radius 1 is 1.26 bits per heavy atom. The molecule has 1 aromatic carbocycles. The van der Waals surface area contributed by atoms with Crippen molar-refractivity contribution in [2.75, 3.05) is 14.1 Å². The van der Waals surface area contributed by atoms with Gasteiger partial charge in [-0.15, -0.1) is 0 Å². The molecular formula is C17H28N2. The second-order valence-corrected chi connectivity index (χ2v) is 6.38. The van der Waals surface area contributed by atoms with Crippen LogP contribution < -0.4 is 5.32 Å². The smallest absolute Gasteiger partial charge is 0.0481 e. The molecule has 0 fully saturated rings. The van der Waals surface area contributed by atoms with E-state index < -0.39 is 0 Å². The van der Waals surface area contributed by atoms with Crippen LogP contribution in [-0.4, -0.2) is 31.1 Å². The molecule has 1 aromatic rings. The van der Waals surface area contributed by atoms with E-state index in [1.165, 1.54) is 24.0 Å². The summed E-state index contributed by atoms with van der Waals surface area (Å²) in [5, 5.41) is 3.52. The van der Waals surface area contributed by atoms with E-state index in [0.717, 1.165) is 5.92 Å². The highest BCUT2D eigenvalue weighted by molar-refractivity contribution is 5.37. The molecule has 0 heterocycles. The SMILES string of the molecule is CNC1c2ccccc2CC1N(C)C(C)CC(C)C. The molecule has 1 aliphatic carbocycles. The maximum absolute atomic E-state index is 3.52. The third-order valence-electron chi connectivity index (χ3n) is 4.55. The zero-order chi connectivity index (χ0) is 14.0. The van der Waals surface area contributed by atoms with Crippen LogP contribution in [0.2, 0.25) is 0 Å². The predicted octanol–water partition coefficient (Wildman–Crippen LogP) is 3.24. The van der Waals surface area contributed by atoms with Gasteiger partial charge in [0.05, 0.1) is 0 Å². The van der Waals surface area contributed by atoms with Crippen molar-refractivity contribution in [2.45, 2.75) is 51.7 Å². The van der Waals surface area contributed by atoms with Crippen molar-refractivity contribution in [2.24, 2.45) is 5.92 Å². The molecule has 1 N–H and O–H groups in total. The molecule has 0 saturated carbocycles. The van der Waals surface area contributed by atoms with Gasteiger partial charge in [-0.05, 0) is 50.9 Å². The van der Waals surface area contributed by atoms with E-state index in [4.69, 9.17) is 0 Å². The fraction of sp³-hybridized carbons (Fsp3) is 0.647. The zero-order valence-corrected chi connectivity index (χ0v) is 13.0. The van der Waals surface area contributed by atoms with Crippen LogP contribution in [0, 0.1) is 5.92 Å². The molecule has 2 heteroatoms. The number of hydrogen-bond acceptors (Lipinski definition) is 2. The molecule has 1 aliphatic rings. The molecule has 0 amide bonds. The van der Waals surface area contributed by atoms with E-state index in [-0.39, 0.29) is 0 Å². The molecule has 3 atom stereocenters. The molecule has 0 bridgehead atoms. The topological polar surface area (TPSA) is 15.3 Å². The molecular weight excluding hydrogens is 232 g/mol. The predicted molar refractivity (Wildman–Crippen MR) is 82.4 cm³/mol. The lowest BCUT2D eigenvalue weighted by Crippen LogP contribution is -2.44. The summed E-state index contributed by atoms with van der Waals surface area (Å²) < 4.78 is 0. The summed E-state index contributed by atoms with van der Waals surface area (Å²) in [4.78, 5) is 2.57. The van der Waals surface area contributed by atoms with Crippen molar-refractivity contribution in [3.8, 4) is 0 Å². The molecule has 0 aliphatic heterocycles. The number of hydrogen-bond donors (Lipinski definition) is 1. The Balaban J connectivity index is 2.14. The van der Waals surface area contributed by atoms with Crippen molar-refractivity contribution >= 4 is 0 Å². The first-order chi connectivity index (χ1) is 9.04. The van der Waals surface area contributed by atoms with Crippen LogP contribution in [0.4, 0.5) is 0 Å². The van der Waals surface area contributed by atoms with Gasteiger partial charge < -0.3 is 5.32 Å². The highest BCUT2D eigenvalue weighted by atomic mass is 15.2. The van der Waals surface area contributed by atoms with Gasteiger partial charge in [0.1, 0.15) is 0 Å². The number of nitrogens with one attached hydrogen (secondary N) is 1. The van der Waals surface area contributed by atoms with Gasteiger partial charge in [-0.2, -0.15) is 0 Å². The van der Waals surface area contributed by atoms with Crippen LogP contribution in [0.3, 0.4) is 0 Å². The van der Waals surface area contributed by atoms with Crippen LogP contribution in [0.5, 0.6) is 0 Å². The monoisotopic (exact) mass is 260 g/mol. The number of fused-ring (bicyclic) bond motifs is 1. The molecule has 3 unspecified atom stereocenters. The van der Waals surface area contributed by atoms with Crippen LogP contribution >= 0.6 is 0 Å². The largest absolute Gasteiger partial charge is 0.312 e. The summed E-state index contributed by atoms with van der Waals surface area (Å²) in [6, 6.07) is 10.6. The van der Waals surface area contributed by atoms with Crippen molar-refractivity contribution in [1.29, 1.82) is 0 Å². The van der Waals surface area contributed by atoms with Gasteiger partial charge in [-0.3, -0.25) is 4.90 Å². The minimum absolute atomic E-state index is 0.468. The number of likely N-dealkylation sites (N-methyl/N-ethyl adjacent to an activating group) is 2. The Morgan fingerprint density at radius 3 is 2.58 bits per heavy atom. The van der Waals surface area contributed by atoms with E-state index >= 15 is 0 Å². The number of nitrogens with zero attached hydrogens (tertiary/aromatic N) is 1. The van der Waals surface area contributed by atoms with E-state index in [1.54, 1.807) is 0 Å². The molecule has 106 valence electrons. The summed E-state index contributed by atoms with van der Waals surface area (Å²) in [7, 11) is 4.37. The lowest BCUT2D eigenvalue weighted by Gasteiger charge is -2.35. The standard InChI is InChI=1S/C17H28N2/c1-12(2)10-13(3)19(5)16-11-14-8-6-7-9-15(14)17(16)18-4/h6-9,12-13,16-18H,10-11H2,1-5H3. The number of benzene rings is 1. The van der Waals surface area contributed by atoms with Crippen LogP contribution in [0.1, 0.15) is 44.4 Å². The first-order valence-corrected chi connectivity index (χ1v) is 7.51. The molecule has 19 heavy (non-hydrogen) atoms. The first-order valence-electron chi connectivity index (χ1n) is 7.51. The fourth-order valence-corrected chi connectivity index (χ4v) is 3.48. The summed E-state index contributed by atoms with van der Waals surface area (Å²) >= 11 is 0. The molecule has 2 rings (SSSR count). The lowest BCUT2D eigenvalue weighted by atomic mass is 10.0. The minimum atomic E-state index is 0.468. The average molecular weight is 260 g/mol. The van der Waals surface area contributed by atoms with Crippen molar-refractivity contribution < 1.29 is 0 Å². The Labute approximate surface area is 118 Å². The molecule has 0 aromatic heterocycles.